The molecule has 0 saturated carbocycles. The molecule has 0 radical (unpaired) electrons. The van der Waals surface area contributed by atoms with Gasteiger partial charge in [0.15, 0.2) is 5.82 Å². The molecule has 4 rings (SSSR count). The smallest absolute Gasteiger partial charge is 0.225 e. The predicted octanol–water partition coefficient (Wildman–Crippen LogP) is 4.52. The van der Waals surface area contributed by atoms with Gasteiger partial charge in [-0.05, 0) is 55.7 Å². The van der Waals surface area contributed by atoms with Crippen molar-refractivity contribution in [2.24, 2.45) is 7.05 Å². The highest BCUT2D eigenvalue weighted by molar-refractivity contribution is 6.32. The summed E-state index contributed by atoms with van der Waals surface area (Å²) in [6.07, 6.45) is 4.48. The van der Waals surface area contributed by atoms with Gasteiger partial charge < -0.3 is 25.9 Å². The summed E-state index contributed by atoms with van der Waals surface area (Å²) in [5.74, 6) is 1.05. The Morgan fingerprint density at radius 1 is 1.27 bits per heavy atom. The monoisotopic (exact) mass is 426 g/mol. The number of phenols is 1. The van der Waals surface area contributed by atoms with Gasteiger partial charge in [0.1, 0.15) is 12.0 Å². The van der Waals surface area contributed by atoms with E-state index in [0.29, 0.717) is 17.3 Å². The summed E-state index contributed by atoms with van der Waals surface area (Å²) in [5, 5.41) is 28.6. The molecule has 1 unspecified atom stereocenters. The number of halogens is 1. The molecule has 1 aromatic heterocycles. The van der Waals surface area contributed by atoms with Crippen molar-refractivity contribution in [3.05, 3.63) is 47.0 Å². The maximum atomic E-state index is 9.60. The maximum absolute atomic E-state index is 9.60. The summed E-state index contributed by atoms with van der Waals surface area (Å²) >= 11 is 5.99. The number of anilines is 3. The number of phenolic OH excluding ortho intramolecular Hbond substituents is 1. The van der Waals surface area contributed by atoms with Crippen LogP contribution >= 0.6 is 11.6 Å². The van der Waals surface area contributed by atoms with Gasteiger partial charge in [-0.25, -0.2) is 4.68 Å². The zero-order valence-corrected chi connectivity index (χ0v) is 17.3. The van der Waals surface area contributed by atoms with Crippen LogP contribution in [0.2, 0.25) is 5.02 Å². The van der Waals surface area contributed by atoms with E-state index in [4.69, 9.17) is 21.7 Å². The SMILES string of the molecule is Cn1nc(-c2ccc(O)c(Cl)c2)nc1Nc1ccc(NC2CCCCO2)c(C=N)c1. The Balaban J connectivity index is 1.53. The average Bonchev–Trinajstić information content (AvgIpc) is 3.12. The van der Waals surface area contributed by atoms with Crippen molar-refractivity contribution in [3.63, 3.8) is 0 Å². The number of hydrogen-bond donors (Lipinski definition) is 4. The Kier molecular flexibility index (Phi) is 5.87. The van der Waals surface area contributed by atoms with Crippen molar-refractivity contribution >= 4 is 35.1 Å². The number of nitrogens with zero attached hydrogens (tertiary/aromatic N) is 3. The molecule has 0 amide bonds. The lowest BCUT2D eigenvalue weighted by Crippen LogP contribution is -2.27. The zero-order chi connectivity index (χ0) is 21.1. The summed E-state index contributed by atoms with van der Waals surface area (Å²) in [5.41, 5.74) is 3.10. The van der Waals surface area contributed by atoms with Crippen LogP contribution in [-0.4, -0.2) is 38.9 Å². The lowest BCUT2D eigenvalue weighted by molar-refractivity contribution is 0.0343. The first kappa shape index (κ1) is 20.2. The quantitative estimate of drug-likeness (QED) is 0.431. The molecule has 1 aliphatic rings. The molecule has 0 bridgehead atoms. The van der Waals surface area contributed by atoms with Crippen LogP contribution < -0.4 is 10.6 Å². The van der Waals surface area contributed by atoms with Gasteiger partial charge in [0.25, 0.3) is 0 Å². The second-order valence-electron chi connectivity index (χ2n) is 7.12. The van der Waals surface area contributed by atoms with E-state index in [1.54, 1.807) is 23.9 Å². The molecule has 9 heteroatoms. The molecule has 8 nitrogen and oxygen atoms in total. The van der Waals surface area contributed by atoms with E-state index in [-0.39, 0.29) is 17.0 Å². The molecule has 30 heavy (non-hydrogen) atoms. The van der Waals surface area contributed by atoms with Crippen LogP contribution in [0.15, 0.2) is 36.4 Å². The van der Waals surface area contributed by atoms with Crippen molar-refractivity contribution in [2.45, 2.75) is 25.5 Å². The molecule has 0 aliphatic carbocycles. The summed E-state index contributed by atoms with van der Waals surface area (Å²) in [4.78, 5) is 4.53. The lowest BCUT2D eigenvalue weighted by Gasteiger charge is -2.25. The number of aryl methyl sites for hydroxylation is 1. The number of aromatic hydroxyl groups is 1. The van der Waals surface area contributed by atoms with Gasteiger partial charge in [0, 0.05) is 42.4 Å². The molecular formula is C21H23ClN6O2. The minimum Gasteiger partial charge on any atom is -0.506 e. The highest BCUT2D eigenvalue weighted by atomic mass is 35.5. The van der Waals surface area contributed by atoms with E-state index in [9.17, 15) is 5.11 Å². The molecular weight excluding hydrogens is 404 g/mol. The third-order valence-corrected chi connectivity index (χ3v) is 5.23. The molecule has 1 aliphatic heterocycles. The van der Waals surface area contributed by atoms with Gasteiger partial charge >= 0.3 is 0 Å². The first-order chi connectivity index (χ1) is 14.5. The van der Waals surface area contributed by atoms with Crippen LogP contribution in [0.25, 0.3) is 11.4 Å². The van der Waals surface area contributed by atoms with Crippen molar-refractivity contribution in [1.82, 2.24) is 14.8 Å². The summed E-state index contributed by atoms with van der Waals surface area (Å²) in [6, 6.07) is 10.6. The highest BCUT2D eigenvalue weighted by Crippen LogP contribution is 2.29. The van der Waals surface area contributed by atoms with Crippen LogP contribution in [0.4, 0.5) is 17.3 Å². The van der Waals surface area contributed by atoms with Crippen molar-refractivity contribution < 1.29 is 9.84 Å². The van der Waals surface area contributed by atoms with Gasteiger partial charge in [-0.1, -0.05) is 11.6 Å². The van der Waals surface area contributed by atoms with E-state index < -0.39 is 0 Å². The number of benzene rings is 2. The van der Waals surface area contributed by atoms with Gasteiger partial charge in [0.2, 0.25) is 5.95 Å². The lowest BCUT2D eigenvalue weighted by atomic mass is 10.1. The fourth-order valence-corrected chi connectivity index (χ4v) is 3.49. The minimum absolute atomic E-state index is 0.0150. The number of ether oxygens (including phenoxy) is 1. The molecule has 2 aromatic carbocycles. The fraction of sp³-hybridized carbons (Fsp3) is 0.286. The van der Waals surface area contributed by atoms with E-state index in [0.717, 1.165) is 42.8 Å². The van der Waals surface area contributed by atoms with Crippen molar-refractivity contribution in [1.29, 1.82) is 5.41 Å². The van der Waals surface area contributed by atoms with Crippen molar-refractivity contribution in [3.8, 4) is 17.1 Å². The number of rotatable bonds is 6. The fourth-order valence-electron chi connectivity index (χ4n) is 3.31. The maximum Gasteiger partial charge on any atom is 0.225 e. The van der Waals surface area contributed by atoms with Gasteiger partial charge in [-0.2, -0.15) is 4.98 Å². The second kappa shape index (κ2) is 8.73. The highest BCUT2D eigenvalue weighted by Gasteiger charge is 2.16. The first-order valence-corrected chi connectivity index (χ1v) is 10.1. The van der Waals surface area contributed by atoms with Gasteiger partial charge in [-0.15, -0.1) is 5.10 Å². The van der Waals surface area contributed by atoms with Crippen LogP contribution in [0.1, 0.15) is 24.8 Å². The topological polar surface area (TPSA) is 108 Å². The van der Waals surface area contributed by atoms with E-state index in [1.807, 2.05) is 18.2 Å². The third kappa shape index (κ3) is 4.39. The summed E-state index contributed by atoms with van der Waals surface area (Å²) in [6.45, 7) is 0.762. The third-order valence-electron chi connectivity index (χ3n) is 4.93. The minimum atomic E-state index is -0.0188. The Morgan fingerprint density at radius 2 is 2.13 bits per heavy atom. The molecule has 3 aromatic rings. The van der Waals surface area contributed by atoms with Crippen LogP contribution in [0.3, 0.4) is 0 Å². The molecule has 156 valence electrons. The molecule has 4 N–H and O–H groups in total. The van der Waals surface area contributed by atoms with Crippen LogP contribution in [0.5, 0.6) is 5.75 Å². The molecule has 2 heterocycles. The van der Waals surface area contributed by atoms with E-state index >= 15 is 0 Å². The predicted molar refractivity (Wildman–Crippen MR) is 118 cm³/mol. The Bertz CT molecular complexity index is 1060. The Hall–Kier alpha value is -3.10. The molecule has 0 spiro atoms. The standard InChI is InChI=1S/C21H23ClN6O2/c1-28-21(26-20(27-28)13-5-8-18(29)16(22)11-13)24-15-6-7-17(14(10-15)12-23)25-19-4-2-3-9-30-19/h5-8,10-12,19,23,25,29H,2-4,9H2,1H3,(H,24,26,27). The average molecular weight is 427 g/mol. The molecule has 1 saturated heterocycles. The van der Waals surface area contributed by atoms with E-state index in [1.165, 1.54) is 12.3 Å². The van der Waals surface area contributed by atoms with Gasteiger partial charge in [-0.3, -0.25) is 0 Å². The Labute approximate surface area is 179 Å². The Morgan fingerprint density at radius 3 is 2.87 bits per heavy atom. The summed E-state index contributed by atoms with van der Waals surface area (Å²) in [7, 11) is 1.79. The number of nitrogens with one attached hydrogen (secondary N) is 3. The number of hydrogen-bond acceptors (Lipinski definition) is 7. The van der Waals surface area contributed by atoms with Gasteiger partial charge in [0.05, 0.1) is 5.02 Å². The van der Waals surface area contributed by atoms with Crippen LogP contribution in [0, 0.1) is 5.41 Å². The first-order valence-electron chi connectivity index (χ1n) is 9.73. The zero-order valence-electron chi connectivity index (χ0n) is 16.5. The van der Waals surface area contributed by atoms with E-state index in [2.05, 4.69) is 20.7 Å². The molecule has 1 atom stereocenters. The largest absolute Gasteiger partial charge is 0.506 e. The normalized spacial score (nSPS) is 16.3. The number of aromatic nitrogens is 3. The summed E-state index contributed by atoms with van der Waals surface area (Å²) < 4.78 is 7.36. The second-order valence-corrected chi connectivity index (χ2v) is 7.53. The van der Waals surface area contributed by atoms with Crippen molar-refractivity contribution in [2.75, 3.05) is 17.2 Å². The molecule has 1 fully saturated rings. The van der Waals surface area contributed by atoms with Crippen LogP contribution in [-0.2, 0) is 11.8 Å².